The van der Waals surface area contributed by atoms with Gasteiger partial charge in [0.05, 0.1) is 5.92 Å². The van der Waals surface area contributed by atoms with Gasteiger partial charge in [-0.1, -0.05) is 20.8 Å². The Balaban J connectivity index is 0.00000264. The number of nitrogens with one attached hydrogen (secondary N) is 1. The largest absolute Gasteiger partial charge is 0.342 e. The minimum atomic E-state index is -0.365. The molecule has 2 rings (SSSR count). The lowest BCUT2D eigenvalue weighted by molar-refractivity contribution is -0.145. The SMILES string of the molecule is CNC1CCN(C(=O)C2CCCN(C(=O)C(C)(C)C)C2)CC1.Cl. The molecule has 1 unspecified atom stereocenters. The van der Waals surface area contributed by atoms with E-state index in [2.05, 4.69) is 5.32 Å². The van der Waals surface area contributed by atoms with Gasteiger partial charge in [-0.2, -0.15) is 0 Å². The van der Waals surface area contributed by atoms with Gasteiger partial charge in [0.2, 0.25) is 11.8 Å². The van der Waals surface area contributed by atoms with Gasteiger partial charge in [0, 0.05) is 37.6 Å². The van der Waals surface area contributed by atoms with Crippen molar-refractivity contribution in [2.24, 2.45) is 11.3 Å². The predicted molar refractivity (Wildman–Crippen MR) is 94.7 cm³/mol. The number of halogens is 1. The van der Waals surface area contributed by atoms with E-state index in [1.165, 1.54) is 0 Å². The maximum absolute atomic E-state index is 12.7. The molecule has 0 aromatic rings. The number of piperidine rings is 2. The minimum absolute atomic E-state index is 0. The zero-order chi connectivity index (χ0) is 16.3. The molecular formula is C17H32ClN3O2. The molecule has 5 nitrogen and oxygen atoms in total. The number of nitrogens with zero attached hydrogens (tertiary/aromatic N) is 2. The lowest BCUT2D eigenvalue weighted by atomic mass is 9.90. The molecule has 2 aliphatic heterocycles. The second kappa shape index (κ2) is 8.34. The maximum atomic E-state index is 12.7. The molecule has 0 aliphatic carbocycles. The molecule has 134 valence electrons. The third kappa shape index (κ3) is 5.08. The fourth-order valence-electron chi connectivity index (χ4n) is 3.48. The van der Waals surface area contributed by atoms with E-state index in [1.807, 2.05) is 37.6 Å². The van der Waals surface area contributed by atoms with E-state index in [0.29, 0.717) is 12.6 Å². The van der Waals surface area contributed by atoms with Crippen LogP contribution in [-0.2, 0) is 9.59 Å². The van der Waals surface area contributed by atoms with Crippen molar-refractivity contribution in [1.82, 2.24) is 15.1 Å². The second-order valence-corrected chi connectivity index (χ2v) is 7.73. The summed E-state index contributed by atoms with van der Waals surface area (Å²) in [6.45, 7) is 8.92. The van der Waals surface area contributed by atoms with Crippen LogP contribution in [0.1, 0.15) is 46.5 Å². The van der Waals surface area contributed by atoms with Gasteiger partial charge < -0.3 is 15.1 Å². The Bertz CT molecular complexity index is 415. The quantitative estimate of drug-likeness (QED) is 0.831. The van der Waals surface area contributed by atoms with Crippen LogP contribution in [0.2, 0.25) is 0 Å². The summed E-state index contributed by atoms with van der Waals surface area (Å²) in [5.74, 6) is 0.408. The molecule has 6 heteroatoms. The summed E-state index contributed by atoms with van der Waals surface area (Å²) >= 11 is 0. The number of hydrogen-bond donors (Lipinski definition) is 1. The number of carbonyl (C=O) groups is 2. The van der Waals surface area contributed by atoms with Crippen LogP contribution in [-0.4, -0.2) is 60.9 Å². The van der Waals surface area contributed by atoms with Crippen LogP contribution in [0.3, 0.4) is 0 Å². The molecule has 1 N–H and O–H groups in total. The molecular weight excluding hydrogens is 314 g/mol. The highest BCUT2D eigenvalue weighted by Crippen LogP contribution is 2.25. The first kappa shape index (κ1) is 20.2. The Morgan fingerprint density at radius 2 is 1.61 bits per heavy atom. The van der Waals surface area contributed by atoms with E-state index in [9.17, 15) is 9.59 Å². The topological polar surface area (TPSA) is 52.7 Å². The molecule has 2 aliphatic rings. The maximum Gasteiger partial charge on any atom is 0.227 e. The standard InChI is InChI=1S/C17H31N3O2.ClH/c1-17(2,3)16(22)20-9-5-6-13(12-20)15(21)19-10-7-14(18-4)8-11-19;/h13-14,18H,5-12H2,1-4H3;1H. The van der Waals surface area contributed by atoms with Crippen molar-refractivity contribution in [1.29, 1.82) is 0 Å². The van der Waals surface area contributed by atoms with E-state index in [0.717, 1.165) is 45.3 Å². The molecule has 2 amide bonds. The Labute approximate surface area is 146 Å². The van der Waals surface area contributed by atoms with Gasteiger partial charge >= 0.3 is 0 Å². The van der Waals surface area contributed by atoms with E-state index in [-0.39, 0.29) is 35.6 Å². The summed E-state index contributed by atoms with van der Waals surface area (Å²) in [6.07, 6.45) is 3.91. The van der Waals surface area contributed by atoms with Crippen molar-refractivity contribution >= 4 is 24.2 Å². The van der Waals surface area contributed by atoms with Crippen molar-refractivity contribution in [2.45, 2.75) is 52.5 Å². The van der Waals surface area contributed by atoms with Crippen LogP contribution in [0.4, 0.5) is 0 Å². The Kier molecular flexibility index (Phi) is 7.33. The fraction of sp³-hybridized carbons (Fsp3) is 0.882. The van der Waals surface area contributed by atoms with Gasteiger partial charge in [0.25, 0.3) is 0 Å². The van der Waals surface area contributed by atoms with Gasteiger partial charge in [-0.25, -0.2) is 0 Å². The number of likely N-dealkylation sites (tertiary alicyclic amines) is 2. The molecule has 0 bridgehead atoms. The van der Waals surface area contributed by atoms with Gasteiger partial charge in [0.1, 0.15) is 0 Å². The molecule has 0 aromatic carbocycles. The summed E-state index contributed by atoms with van der Waals surface area (Å²) < 4.78 is 0. The summed E-state index contributed by atoms with van der Waals surface area (Å²) in [6, 6.07) is 0.536. The van der Waals surface area contributed by atoms with Gasteiger partial charge in [-0.05, 0) is 32.7 Å². The first-order chi connectivity index (χ1) is 10.3. The lowest BCUT2D eigenvalue weighted by Crippen LogP contribution is -2.51. The zero-order valence-corrected chi connectivity index (χ0v) is 15.7. The highest BCUT2D eigenvalue weighted by atomic mass is 35.5. The average Bonchev–Trinajstić information content (AvgIpc) is 2.52. The first-order valence-corrected chi connectivity index (χ1v) is 8.58. The van der Waals surface area contributed by atoms with Crippen molar-refractivity contribution in [3.8, 4) is 0 Å². The monoisotopic (exact) mass is 345 g/mol. The highest BCUT2D eigenvalue weighted by molar-refractivity contribution is 5.85. The summed E-state index contributed by atoms with van der Waals surface area (Å²) in [5, 5.41) is 3.29. The molecule has 0 aromatic heterocycles. The van der Waals surface area contributed by atoms with E-state index in [1.54, 1.807) is 0 Å². The normalized spacial score (nSPS) is 23.4. The van der Waals surface area contributed by atoms with Crippen molar-refractivity contribution in [3.63, 3.8) is 0 Å². The Hall–Kier alpha value is -0.810. The van der Waals surface area contributed by atoms with Crippen LogP contribution in [0, 0.1) is 11.3 Å². The zero-order valence-electron chi connectivity index (χ0n) is 14.9. The molecule has 2 saturated heterocycles. The minimum Gasteiger partial charge on any atom is -0.342 e. The molecule has 2 heterocycles. The molecule has 0 saturated carbocycles. The van der Waals surface area contributed by atoms with E-state index < -0.39 is 0 Å². The van der Waals surface area contributed by atoms with Gasteiger partial charge in [-0.3, -0.25) is 9.59 Å². The van der Waals surface area contributed by atoms with Crippen LogP contribution < -0.4 is 5.32 Å². The summed E-state index contributed by atoms with van der Waals surface area (Å²) in [4.78, 5) is 29.1. The van der Waals surface area contributed by atoms with Crippen molar-refractivity contribution in [3.05, 3.63) is 0 Å². The third-order valence-corrected chi connectivity index (χ3v) is 4.91. The van der Waals surface area contributed by atoms with Crippen molar-refractivity contribution in [2.75, 3.05) is 33.2 Å². The van der Waals surface area contributed by atoms with Crippen LogP contribution in [0.25, 0.3) is 0 Å². The Morgan fingerprint density at radius 3 is 2.13 bits per heavy atom. The highest BCUT2D eigenvalue weighted by Gasteiger charge is 2.35. The van der Waals surface area contributed by atoms with Crippen LogP contribution >= 0.6 is 12.4 Å². The number of carbonyl (C=O) groups excluding carboxylic acids is 2. The predicted octanol–water partition coefficient (Wildman–Crippen LogP) is 1.90. The number of amides is 2. The summed E-state index contributed by atoms with van der Waals surface area (Å²) in [5.41, 5.74) is -0.365. The summed E-state index contributed by atoms with van der Waals surface area (Å²) in [7, 11) is 1.99. The fourth-order valence-corrected chi connectivity index (χ4v) is 3.48. The van der Waals surface area contributed by atoms with Crippen LogP contribution in [0.15, 0.2) is 0 Å². The van der Waals surface area contributed by atoms with Gasteiger partial charge in [-0.15, -0.1) is 12.4 Å². The molecule has 0 spiro atoms. The third-order valence-electron chi connectivity index (χ3n) is 4.91. The molecule has 1 atom stereocenters. The van der Waals surface area contributed by atoms with Gasteiger partial charge in [0.15, 0.2) is 0 Å². The first-order valence-electron chi connectivity index (χ1n) is 8.58. The van der Waals surface area contributed by atoms with E-state index >= 15 is 0 Å². The smallest absolute Gasteiger partial charge is 0.227 e. The van der Waals surface area contributed by atoms with E-state index in [4.69, 9.17) is 0 Å². The lowest BCUT2D eigenvalue weighted by Gasteiger charge is -2.39. The second-order valence-electron chi connectivity index (χ2n) is 7.73. The Morgan fingerprint density at radius 1 is 1.00 bits per heavy atom. The number of hydrogen-bond acceptors (Lipinski definition) is 3. The van der Waals surface area contributed by atoms with Crippen molar-refractivity contribution < 1.29 is 9.59 Å². The average molecular weight is 346 g/mol. The number of rotatable bonds is 2. The molecule has 23 heavy (non-hydrogen) atoms. The van der Waals surface area contributed by atoms with Crippen LogP contribution in [0.5, 0.6) is 0 Å². The molecule has 2 fully saturated rings. The molecule has 0 radical (unpaired) electrons.